The highest BCUT2D eigenvalue weighted by Gasteiger charge is 2.36. The third kappa shape index (κ3) is 6.89. The number of ketones is 1. The minimum atomic E-state index is -0.937. The van der Waals surface area contributed by atoms with E-state index >= 15 is 0 Å². The van der Waals surface area contributed by atoms with Gasteiger partial charge in [0.1, 0.15) is 5.82 Å². The summed E-state index contributed by atoms with van der Waals surface area (Å²) in [7, 11) is 0. The van der Waals surface area contributed by atoms with Gasteiger partial charge in [-0.15, -0.1) is 5.10 Å². The maximum absolute atomic E-state index is 14.1. The number of amides is 2. The topological polar surface area (TPSA) is 123 Å². The van der Waals surface area contributed by atoms with Crippen LogP contribution in [-0.2, 0) is 11.3 Å². The van der Waals surface area contributed by atoms with Gasteiger partial charge in [0.15, 0.2) is 0 Å². The molecular weight excluding hydrogens is 467 g/mol. The molecule has 3 atom stereocenters. The van der Waals surface area contributed by atoms with Crippen LogP contribution in [0, 0.1) is 23.6 Å². The van der Waals surface area contributed by atoms with Crippen molar-refractivity contribution in [2.24, 2.45) is 17.8 Å². The van der Waals surface area contributed by atoms with Crippen molar-refractivity contribution in [3.63, 3.8) is 0 Å². The maximum atomic E-state index is 14.1. The fourth-order valence-electron chi connectivity index (χ4n) is 4.51. The van der Waals surface area contributed by atoms with Gasteiger partial charge >= 0.3 is 5.76 Å². The van der Waals surface area contributed by atoms with Crippen LogP contribution < -0.4 is 16.4 Å². The molecule has 9 nitrogen and oxygen atoms in total. The van der Waals surface area contributed by atoms with Gasteiger partial charge in [-0.3, -0.25) is 14.4 Å². The summed E-state index contributed by atoms with van der Waals surface area (Å²) in [6, 6.07) is 4.25. The summed E-state index contributed by atoms with van der Waals surface area (Å²) < 4.78 is 20.3. The van der Waals surface area contributed by atoms with Crippen molar-refractivity contribution < 1.29 is 23.2 Å². The van der Waals surface area contributed by atoms with Gasteiger partial charge in [0.25, 0.3) is 11.8 Å². The molecule has 1 aliphatic rings. The molecule has 1 fully saturated rings. The predicted molar refractivity (Wildman–Crippen MR) is 131 cm³/mol. The summed E-state index contributed by atoms with van der Waals surface area (Å²) in [5.74, 6) is -3.60. The molecule has 36 heavy (non-hydrogen) atoms. The summed E-state index contributed by atoms with van der Waals surface area (Å²) in [5.41, 5.74) is -0.0814. The molecule has 0 bridgehead atoms. The fraction of sp³-hybridized carbons (Fsp3) is 0.577. The largest absolute Gasteiger partial charge is 0.437 e. The fourth-order valence-corrected chi connectivity index (χ4v) is 4.51. The molecule has 0 radical (unpaired) electrons. The summed E-state index contributed by atoms with van der Waals surface area (Å²) >= 11 is 0. The Hall–Kier alpha value is -3.30. The first kappa shape index (κ1) is 27.3. The molecule has 0 saturated heterocycles. The van der Waals surface area contributed by atoms with Crippen LogP contribution in [0.1, 0.15) is 80.8 Å². The van der Waals surface area contributed by atoms with E-state index in [-0.39, 0.29) is 29.2 Å². The average Bonchev–Trinajstić information content (AvgIpc) is 3.17. The standard InChI is InChI=1S/C26H35FN4O5/c1-15(2)13-21(22(32)25-30-31(14-16(3)4)26(35)36-25)29-24(34)18-10-6-8-12-20(18)28-23(33)17-9-5-7-11-19(17)27/h5,7,9,11,15-16,18,20-21H,6,8,10,12-14H2,1-4H3,(H,28,33)(H,29,34)/t18-,20+,21+/m1/s1. The molecule has 0 aliphatic heterocycles. The highest BCUT2D eigenvalue weighted by molar-refractivity contribution is 5.99. The predicted octanol–water partition coefficient (Wildman–Crippen LogP) is 3.33. The minimum Gasteiger partial charge on any atom is -0.384 e. The van der Waals surface area contributed by atoms with Gasteiger partial charge in [-0.25, -0.2) is 9.18 Å². The van der Waals surface area contributed by atoms with E-state index in [4.69, 9.17) is 4.42 Å². The first-order valence-electron chi connectivity index (χ1n) is 12.5. The number of Topliss-reactive ketones (excluding diaryl/α,β-unsaturated/α-hetero) is 1. The Labute approximate surface area is 209 Å². The van der Waals surface area contributed by atoms with Crippen molar-refractivity contribution in [2.75, 3.05) is 0 Å². The van der Waals surface area contributed by atoms with E-state index < -0.39 is 41.3 Å². The Morgan fingerprint density at radius 2 is 1.81 bits per heavy atom. The monoisotopic (exact) mass is 502 g/mol. The average molecular weight is 503 g/mol. The second kappa shape index (κ2) is 12.1. The van der Waals surface area contributed by atoms with Crippen LogP contribution >= 0.6 is 0 Å². The number of rotatable bonds is 10. The third-order valence-electron chi connectivity index (χ3n) is 6.23. The van der Waals surface area contributed by atoms with E-state index in [1.807, 2.05) is 27.7 Å². The normalized spacial score (nSPS) is 18.8. The van der Waals surface area contributed by atoms with Crippen molar-refractivity contribution in [3.8, 4) is 0 Å². The lowest BCUT2D eigenvalue weighted by molar-refractivity contribution is -0.127. The minimum absolute atomic E-state index is 0.0617. The van der Waals surface area contributed by atoms with Crippen molar-refractivity contribution in [1.82, 2.24) is 20.4 Å². The van der Waals surface area contributed by atoms with Gasteiger partial charge in [0.05, 0.1) is 24.1 Å². The molecule has 1 aromatic carbocycles. The number of aromatic nitrogens is 2. The van der Waals surface area contributed by atoms with Crippen molar-refractivity contribution in [1.29, 1.82) is 0 Å². The number of hydrogen-bond acceptors (Lipinski definition) is 6. The van der Waals surface area contributed by atoms with E-state index in [1.165, 1.54) is 18.2 Å². The number of carbonyl (C=O) groups excluding carboxylic acids is 3. The van der Waals surface area contributed by atoms with Crippen LogP contribution in [0.3, 0.4) is 0 Å². The maximum Gasteiger partial charge on any atom is 0.437 e. The second-order valence-electron chi connectivity index (χ2n) is 10.3. The molecule has 2 N–H and O–H groups in total. The number of nitrogens with zero attached hydrogens (tertiary/aromatic N) is 2. The first-order valence-corrected chi connectivity index (χ1v) is 12.5. The zero-order chi connectivity index (χ0) is 26.4. The number of benzene rings is 1. The van der Waals surface area contributed by atoms with Crippen LogP contribution in [0.25, 0.3) is 0 Å². The first-order chi connectivity index (χ1) is 17.1. The number of halogens is 1. The lowest BCUT2D eigenvalue weighted by Gasteiger charge is -2.32. The highest BCUT2D eigenvalue weighted by Crippen LogP contribution is 2.26. The van der Waals surface area contributed by atoms with Crippen LogP contribution in [-0.4, -0.2) is 39.5 Å². The van der Waals surface area contributed by atoms with Crippen LogP contribution in [0.15, 0.2) is 33.5 Å². The van der Waals surface area contributed by atoms with Crippen molar-refractivity contribution >= 4 is 17.6 Å². The van der Waals surface area contributed by atoms with Gasteiger partial charge < -0.3 is 15.1 Å². The summed E-state index contributed by atoms with van der Waals surface area (Å²) in [5, 5.41) is 9.66. The van der Waals surface area contributed by atoms with E-state index in [0.717, 1.165) is 17.5 Å². The SMILES string of the molecule is CC(C)C[C@H](NC(=O)[C@@H]1CCCC[C@@H]1NC(=O)c1ccccc1F)C(=O)c1nn(CC(C)C)c(=O)o1. The molecule has 2 amide bonds. The Kier molecular flexibility index (Phi) is 9.17. The molecule has 1 heterocycles. The van der Waals surface area contributed by atoms with Crippen LogP contribution in [0.2, 0.25) is 0 Å². The second-order valence-corrected chi connectivity index (χ2v) is 10.3. The Morgan fingerprint density at radius 3 is 2.47 bits per heavy atom. The third-order valence-corrected chi connectivity index (χ3v) is 6.23. The van der Waals surface area contributed by atoms with Gasteiger partial charge in [0.2, 0.25) is 11.7 Å². The zero-order valence-corrected chi connectivity index (χ0v) is 21.3. The van der Waals surface area contributed by atoms with Gasteiger partial charge in [-0.2, -0.15) is 4.68 Å². The molecule has 10 heteroatoms. The molecule has 3 rings (SSSR count). The lowest BCUT2D eigenvalue weighted by atomic mass is 9.83. The van der Waals surface area contributed by atoms with Crippen molar-refractivity contribution in [3.05, 3.63) is 52.1 Å². The van der Waals surface area contributed by atoms with Gasteiger partial charge in [-0.05, 0) is 43.2 Å². The van der Waals surface area contributed by atoms with Crippen LogP contribution in [0.5, 0.6) is 0 Å². The van der Waals surface area contributed by atoms with Gasteiger partial charge in [0, 0.05) is 6.04 Å². The van der Waals surface area contributed by atoms with Crippen molar-refractivity contribution in [2.45, 2.75) is 78.4 Å². The molecule has 0 unspecified atom stereocenters. The molecule has 1 aromatic heterocycles. The number of nitrogens with one attached hydrogen (secondary N) is 2. The summed E-state index contributed by atoms with van der Waals surface area (Å²) in [6.45, 7) is 7.96. The molecule has 1 aliphatic carbocycles. The molecular formula is C26H35FN4O5. The Bertz CT molecular complexity index is 1140. The molecule has 0 spiro atoms. The quantitative estimate of drug-likeness (QED) is 0.481. The zero-order valence-electron chi connectivity index (χ0n) is 21.3. The molecule has 1 saturated carbocycles. The number of hydrogen-bond donors (Lipinski definition) is 2. The van der Waals surface area contributed by atoms with E-state index in [9.17, 15) is 23.6 Å². The van der Waals surface area contributed by atoms with Crippen LogP contribution in [0.4, 0.5) is 4.39 Å². The molecule has 2 aromatic rings. The van der Waals surface area contributed by atoms with Gasteiger partial charge in [-0.1, -0.05) is 52.7 Å². The smallest absolute Gasteiger partial charge is 0.384 e. The number of carbonyl (C=O) groups is 3. The van der Waals surface area contributed by atoms with E-state index in [2.05, 4.69) is 15.7 Å². The lowest BCUT2D eigenvalue weighted by Crippen LogP contribution is -2.52. The summed E-state index contributed by atoms with van der Waals surface area (Å²) in [4.78, 5) is 51.3. The molecule has 196 valence electrons. The Morgan fingerprint density at radius 1 is 1.11 bits per heavy atom. The van der Waals surface area contributed by atoms with E-state index in [1.54, 1.807) is 6.07 Å². The van der Waals surface area contributed by atoms with E-state index in [0.29, 0.717) is 25.8 Å². The highest BCUT2D eigenvalue weighted by atomic mass is 19.1. The summed E-state index contributed by atoms with van der Waals surface area (Å²) in [6.07, 6.45) is 3.02. The Balaban J connectivity index is 1.75.